The van der Waals surface area contributed by atoms with Crippen molar-refractivity contribution in [2.75, 3.05) is 19.0 Å². The van der Waals surface area contributed by atoms with Gasteiger partial charge in [-0.25, -0.2) is 4.98 Å². The fraction of sp³-hybridized carbons (Fsp3) is 0.308. The minimum absolute atomic E-state index is 0.0120. The van der Waals surface area contributed by atoms with Crippen LogP contribution in [0.2, 0.25) is 0 Å². The minimum atomic E-state index is 0.0120. The van der Waals surface area contributed by atoms with E-state index in [2.05, 4.69) is 34.1 Å². The lowest BCUT2D eigenvalue weighted by molar-refractivity contribution is 0.277. The number of rotatable bonds is 3. The molecular weight excluding hydrogens is 232 g/mol. The third kappa shape index (κ3) is 2.48. The zero-order valence-corrected chi connectivity index (χ0v) is 11.1. The number of nitrogens with zero attached hydrogens (tertiary/aromatic N) is 2. The zero-order chi connectivity index (χ0) is 12.4. The second-order valence-corrected chi connectivity index (χ2v) is 5.32. The molecule has 0 saturated heterocycles. The van der Waals surface area contributed by atoms with Crippen molar-refractivity contribution in [1.29, 1.82) is 0 Å². The topological polar surface area (TPSA) is 36.4 Å². The SMILES string of the molecule is Cc1sc(-c2ccc(N(C)C)cc2)nc1CO. The summed E-state index contributed by atoms with van der Waals surface area (Å²) in [6.45, 7) is 2.00. The van der Waals surface area contributed by atoms with E-state index in [1.807, 2.05) is 21.0 Å². The van der Waals surface area contributed by atoms with Crippen LogP contribution in [-0.4, -0.2) is 24.2 Å². The predicted molar refractivity (Wildman–Crippen MR) is 72.5 cm³/mol. The predicted octanol–water partition coefficient (Wildman–Crippen LogP) is 2.68. The van der Waals surface area contributed by atoms with Crippen molar-refractivity contribution in [2.24, 2.45) is 0 Å². The highest BCUT2D eigenvalue weighted by atomic mass is 32.1. The maximum atomic E-state index is 9.13. The summed E-state index contributed by atoms with van der Waals surface area (Å²) in [4.78, 5) is 7.58. The molecular formula is C13H16N2OS. The third-order valence-electron chi connectivity index (χ3n) is 2.67. The molecule has 1 heterocycles. The first kappa shape index (κ1) is 12.1. The van der Waals surface area contributed by atoms with Gasteiger partial charge in [0.1, 0.15) is 5.01 Å². The standard InChI is InChI=1S/C13H16N2OS/c1-9-12(8-16)14-13(17-9)10-4-6-11(7-5-10)15(2)3/h4-7,16H,8H2,1-3H3. The Hall–Kier alpha value is -1.39. The number of benzene rings is 1. The smallest absolute Gasteiger partial charge is 0.123 e. The van der Waals surface area contributed by atoms with E-state index in [4.69, 9.17) is 5.11 Å². The van der Waals surface area contributed by atoms with E-state index in [-0.39, 0.29) is 6.61 Å². The van der Waals surface area contributed by atoms with Crippen molar-refractivity contribution in [2.45, 2.75) is 13.5 Å². The van der Waals surface area contributed by atoms with Crippen LogP contribution in [0, 0.1) is 6.92 Å². The molecule has 0 saturated carbocycles. The number of anilines is 1. The number of thiazole rings is 1. The van der Waals surface area contributed by atoms with Gasteiger partial charge in [0.05, 0.1) is 12.3 Å². The van der Waals surface area contributed by atoms with Crippen molar-refractivity contribution in [3.05, 3.63) is 34.8 Å². The molecule has 0 fully saturated rings. The van der Waals surface area contributed by atoms with E-state index in [9.17, 15) is 0 Å². The van der Waals surface area contributed by atoms with E-state index < -0.39 is 0 Å². The van der Waals surface area contributed by atoms with Crippen LogP contribution in [0.4, 0.5) is 5.69 Å². The van der Waals surface area contributed by atoms with Gasteiger partial charge in [-0.2, -0.15) is 0 Å². The summed E-state index contributed by atoms with van der Waals surface area (Å²) in [5.41, 5.74) is 3.05. The average Bonchev–Trinajstić information content (AvgIpc) is 2.70. The number of aliphatic hydroxyl groups is 1. The van der Waals surface area contributed by atoms with Gasteiger partial charge in [-0.05, 0) is 31.2 Å². The zero-order valence-electron chi connectivity index (χ0n) is 10.3. The molecule has 2 aromatic rings. The van der Waals surface area contributed by atoms with Crippen LogP contribution in [0.25, 0.3) is 10.6 Å². The fourth-order valence-electron chi connectivity index (χ4n) is 1.60. The maximum Gasteiger partial charge on any atom is 0.123 e. The van der Waals surface area contributed by atoms with Crippen LogP contribution in [0.15, 0.2) is 24.3 Å². The highest BCUT2D eigenvalue weighted by Crippen LogP contribution is 2.28. The second kappa shape index (κ2) is 4.85. The normalized spacial score (nSPS) is 10.6. The van der Waals surface area contributed by atoms with Gasteiger partial charge >= 0.3 is 0 Å². The molecule has 1 aromatic heterocycles. The Morgan fingerprint density at radius 1 is 1.24 bits per heavy atom. The van der Waals surface area contributed by atoms with Crippen LogP contribution in [-0.2, 0) is 6.61 Å². The summed E-state index contributed by atoms with van der Waals surface area (Å²) >= 11 is 1.62. The lowest BCUT2D eigenvalue weighted by Crippen LogP contribution is -2.07. The molecule has 1 aromatic carbocycles. The summed E-state index contributed by atoms with van der Waals surface area (Å²) in [6.07, 6.45) is 0. The third-order valence-corrected chi connectivity index (χ3v) is 3.74. The number of aryl methyl sites for hydroxylation is 1. The minimum Gasteiger partial charge on any atom is -0.390 e. The van der Waals surface area contributed by atoms with Gasteiger partial charge in [-0.1, -0.05) is 0 Å². The molecule has 0 spiro atoms. The van der Waals surface area contributed by atoms with Crippen molar-refractivity contribution < 1.29 is 5.11 Å². The maximum absolute atomic E-state index is 9.13. The average molecular weight is 248 g/mol. The van der Waals surface area contributed by atoms with E-state index in [0.717, 1.165) is 21.1 Å². The van der Waals surface area contributed by atoms with Gasteiger partial charge < -0.3 is 10.0 Å². The Bertz CT molecular complexity index is 503. The van der Waals surface area contributed by atoms with Crippen LogP contribution < -0.4 is 4.90 Å². The van der Waals surface area contributed by atoms with E-state index >= 15 is 0 Å². The lowest BCUT2D eigenvalue weighted by atomic mass is 10.2. The van der Waals surface area contributed by atoms with Crippen molar-refractivity contribution >= 4 is 17.0 Å². The Kier molecular flexibility index (Phi) is 3.45. The number of hydrogen-bond donors (Lipinski definition) is 1. The first-order valence-electron chi connectivity index (χ1n) is 5.46. The van der Waals surface area contributed by atoms with Crippen LogP contribution in [0.1, 0.15) is 10.6 Å². The summed E-state index contributed by atoms with van der Waals surface area (Å²) in [7, 11) is 4.04. The molecule has 0 bridgehead atoms. The van der Waals surface area contributed by atoms with Crippen molar-refractivity contribution in [1.82, 2.24) is 4.98 Å². The van der Waals surface area contributed by atoms with Gasteiger partial charge in [-0.3, -0.25) is 0 Å². The molecule has 1 N–H and O–H groups in total. The highest BCUT2D eigenvalue weighted by molar-refractivity contribution is 7.15. The van der Waals surface area contributed by atoms with E-state index in [1.165, 1.54) is 5.69 Å². The summed E-state index contributed by atoms with van der Waals surface area (Å²) in [6, 6.07) is 8.28. The Balaban J connectivity index is 2.33. The molecule has 0 amide bonds. The number of aromatic nitrogens is 1. The van der Waals surface area contributed by atoms with Gasteiger partial charge in [0.25, 0.3) is 0 Å². The summed E-state index contributed by atoms with van der Waals surface area (Å²) < 4.78 is 0. The molecule has 90 valence electrons. The Morgan fingerprint density at radius 2 is 1.88 bits per heavy atom. The van der Waals surface area contributed by atoms with Gasteiger partial charge in [0, 0.05) is 30.2 Å². The molecule has 0 unspecified atom stereocenters. The van der Waals surface area contributed by atoms with Crippen LogP contribution >= 0.6 is 11.3 Å². The largest absolute Gasteiger partial charge is 0.390 e. The molecule has 0 aliphatic carbocycles. The fourth-order valence-corrected chi connectivity index (χ4v) is 2.53. The monoisotopic (exact) mass is 248 g/mol. The molecule has 0 aliphatic rings. The van der Waals surface area contributed by atoms with Crippen molar-refractivity contribution in [3.63, 3.8) is 0 Å². The van der Waals surface area contributed by atoms with E-state index in [0.29, 0.717) is 0 Å². The molecule has 0 atom stereocenters. The highest BCUT2D eigenvalue weighted by Gasteiger charge is 2.08. The number of aliphatic hydroxyl groups excluding tert-OH is 1. The van der Waals surface area contributed by atoms with Gasteiger partial charge in [0.15, 0.2) is 0 Å². The van der Waals surface area contributed by atoms with Gasteiger partial charge in [0.2, 0.25) is 0 Å². The molecule has 17 heavy (non-hydrogen) atoms. The van der Waals surface area contributed by atoms with Crippen LogP contribution in [0.3, 0.4) is 0 Å². The molecule has 0 aliphatic heterocycles. The second-order valence-electron chi connectivity index (χ2n) is 4.12. The first-order chi connectivity index (χ1) is 8.11. The quantitative estimate of drug-likeness (QED) is 0.907. The summed E-state index contributed by atoms with van der Waals surface area (Å²) in [5.74, 6) is 0. The summed E-state index contributed by atoms with van der Waals surface area (Å²) in [5, 5.41) is 10.1. The lowest BCUT2D eigenvalue weighted by Gasteiger charge is -2.11. The Morgan fingerprint density at radius 3 is 2.35 bits per heavy atom. The molecule has 3 nitrogen and oxygen atoms in total. The molecule has 2 rings (SSSR count). The number of hydrogen-bond acceptors (Lipinski definition) is 4. The van der Waals surface area contributed by atoms with Crippen LogP contribution in [0.5, 0.6) is 0 Å². The first-order valence-corrected chi connectivity index (χ1v) is 6.28. The van der Waals surface area contributed by atoms with E-state index in [1.54, 1.807) is 11.3 Å². The van der Waals surface area contributed by atoms with Gasteiger partial charge in [-0.15, -0.1) is 11.3 Å². The molecule has 4 heteroatoms. The van der Waals surface area contributed by atoms with Crippen molar-refractivity contribution in [3.8, 4) is 10.6 Å². The Labute approximate surface area is 105 Å². The molecule has 0 radical (unpaired) electrons.